The fraction of sp³-hybridized carbons (Fsp3) is 0.391. The highest BCUT2D eigenvalue weighted by molar-refractivity contribution is 6.32. The maximum absolute atomic E-state index is 12.6. The fourth-order valence-corrected chi connectivity index (χ4v) is 4.22. The molecule has 33 heavy (non-hydrogen) atoms. The van der Waals surface area contributed by atoms with Crippen LogP contribution in [0.4, 0.5) is 5.82 Å². The van der Waals surface area contributed by atoms with E-state index < -0.39 is 0 Å². The molecule has 0 unspecified atom stereocenters. The van der Waals surface area contributed by atoms with Crippen LogP contribution in [-0.4, -0.2) is 51.0 Å². The average molecular weight is 471 g/mol. The summed E-state index contributed by atoms with van der Waals surface area (Å²) in [6, 6.07) is 3.78. The van der Waals surface area contributed by atoms with Gasteiger partial charge in [-0.1, -0.05) is 39.0 Å². The second kappa shape index (κ2) is 8.55. The molecule has 0 bridgehead atoms. The molecule has 3 aromatic rings. The van der Waals surface area contributed by atoms with E-state index in [2.05, 4.69) is 53.2 Å². The molecule has 0 aliphatic carbocycles. The Hall–Kier alpha value is -3.33. The molecule has 0 radical (unpaired) electrons. The number of halogens is 1. The molecule has 3 N–H and O–H groups in total. The van der Waals surface area contributed by atoms with E-state index in [4.69, 9.17) is 16.0 Å². The minimum absolute atomic E-state index is 0.113. The maximum Gasteiger partial charge on any atom is 0.289 e. The molecule has 2 aromatic heterocycles. The number of aromatic amines is 1. The highest BCUT2D eigenvalue weighted by Crippen LogP contribution is 2.34. The third-order valence-corrected chi connectivity index (χ3v) is 5.93. The molecule has 1 fully saturated rings. The number of oxazole rings is 1. The summed E-state index contributed by atoms with van der Waals surface area (Å²) in [6.07, 6.45) is 1.26. The van der Waals surface area contributed by atoms with Gasteiger partial charge < -0.3 is 20.0 Å². The predicted octanol–water partition coefficient (Wildman–Crippen LogP) is 3.55. The Morgan fingerprint density at radius 2 is 2.09 bits per heavy atom. The second-order valence-electron chi connectivity index (χ2n) is 9.19. The predicted molar refractivity (Wildman–Crippen MR) is 126 cm³/mol. The minimum Gasteiger partial charge on any atom is -0.433 e. The van der Waals surface area contributed by atoms with Gasteiger partial charge in [0.25, 0.3) is 5.91 Å². The van der Waals surface area contributed by atoms with Gasteiger partial charge in [-0.3, -0.25) is 14.7 Å². The Balaban J connectivity index is 1.42. The lowest BCUT2D eigenvalue weighted by Gasteiger charge is -2.38. The van der Waals surface area contributed by atoms with E-state index >= 15 is 0 Å². The number of amides is 2. The molecule has 10 heteroatoms. The molecule has 1 aliphatic heterocycles. The first-order valence-electron chi connectivity index (χ1n) is 10.7. The summed E-state index contributed by atoms with van der Waals surface area (Å²) in [5, 5.41) is 15.0. The number of rotatable bonds is 6. The first-order valence-corrected chi connectivity index (χ1v) is 11.0. The van der Waals surface area contributed by atoms with E-state index in [0.717, 1.165) is 16.5 Å². The number of nitrogens with one attached hydrogen (secondary N) is 3. The van der Waals surface area contributed by atoms with Crippen molar-refractivity contribution in [3.63, 3.8) is 0 Å². The zero-order valence-corrected chi connectivity index (χ0v) is 19.8. The molecule has 174 valence electrons. The Labute approximate surface area is 196 Å². The van der Waals surface area contributed by atoms with Crippen molar-refractivity contribution < 1.29 is 14.0 Å². The van der Waals surface area contributed by atoms with Crippen molar-refractivity contribution in [1.82, 2.24) is 25.4 Å². The van der Waals surface area contributed by atoms with Gasteiger partial charge in [0.1, 0.15) is 0 Å². The number of hydrogen-bond acceptors (Lipinski definition) is 6. The molecule has 0 atom stereocenters. The van der Waals surface area contributed by atoms with Gasteiger partial charge >= 0.3 is 0 Å². The number of anilines is 1. The van der Waals surface area contributed by atoms with Crippen LogP contribution in [-0.2, 0) is 16.8 Å². The number of aryl methyl sites for hydroxylation is 1. The molecular weight excluding hydrogens is 444 g/mol. The Morgan fingerprint density at radius 3 is 2.76 bits per heavy atom. The summed E-state index contributed by atoms with van der Waals surface area (Å²) in [5.74, 6) is 0.685. The van der Waals surface area contributed by atoms with E-state index in [1.807, 2.05) is 12.1 Å². The van der Waals surface area contributed by atoms with Crippen LogP contribution in [0, 0.1) is 6.92 Å². The monoisotopic (exact) mass is 470 g/mol. The summed E-state index contributed by atoms with van der Waals surface area (Å²) in [7, 11) is 0. The maximum atomic E-state index is 12.6. The number of hydrogen-bond donors (Lipinski definition) is 3. The first-order chi connectivity index (χ1) is 15.6. The average Bonchev–Trinajstić information content (AvgIpc) is 3.29. The largest absolute Gasteiger partial charge is 0.433 e. The SMILES string of the molecule is C=CC(=O)N1CC(NC(=O)c2oc(CNc3n[nH]c4cc(Cl)c(C(C)(C)C)cc34)nc2C)C1. The van der Waals surface area contributed by atoms with Gasteiger partial charge in [-0.25, -0.2) is 4.98 Å². The highest BCUT2D eigenvalue weighted by Gasteiger charge is 2.32. The molecule has 2 amide bonds. The summed E-state index contributed by atoms with van der Waals surface area (Å²) >= 11 is 6.45. The van der Waals surface area contributed by atoms with E-state index in [0.29, 0.717) is 35.5 Å². The Bertz CT molecular complexity index is 1230. The molecule has 0 spiro atoms. The van der Waals surface area contributed by atoms with Gasteiger partial charge in [0.2, 0.25) is 17.6 Å². The number of H-pyrrole nitrogens is 1. The molecule has 4 rings (SSSR count). The number of benzene rings is 1. The first kappa shape index (κ1) is 22.8. The lowest BCUT2D eigenvalue weighted by Crippen LogP contribution is -2.60. The van der Waals surface area contributed by atoms with Gasteiger partial charge in [0, 0.05) is 23.5 Å². The van der Waals surface area contributed by atoms with E-state index in [-0.39, 0.29) is 35.6 Å². The van der Waals surface area contributed by atoms with Crippen molar-refractivity contribution in [1.29, 1.82) is 0 Å². The molecule has 9 nitrogen and oxygen atoms in total. The Morgan fingerprint density at radius 1 is 1.36 bits per heavy atom. The molecular formula is C23H27ClN6O3. The normalized spacial score (nSPS) is 14.3. The van der Waals surface area contributed by atoms with E-state index in [1.54, 1.807) is 11.8 Å². The highest BCUT2D eigenvalue weighted by atomic mass is 35.5. The van der Waals surface area contributed by atoms with E-state index in [1.165, 1.54) is 6.08 Å². The number of carbonyl (C=O) groups is 2. The zero-order chi connectivity index (χ0) is 23.9. The zero-order valence-electron chi connectivity index (χ0n) is 19.1. The van der Waals surface area contributed by atoms with Crippen LogP contribution in [0.1, 0.15) is 48.5 Å². The minimum atomic E-state index is -0.350. The molecule has 1 saturated heterocycles. The second-order valence-corrected chi connectivity index (χ2v) is 9.60. The lowest BCUT2D eigenvalue weighted by molar-refractivity contribution is -0.130. The third kappa shape index (κ3) is 4.59. The molecule has 1 aromatic carbocycles. The van der Waals surface area contributed by atoms with Crippen LogP contribution in [0.15, 0.2) is 29.2 Å². The number of likely N-dealkylation sites (tertiary alicyclic amines) is 1. The number of aromatic nitrogens is 3. The van der Waals surface area contributed by atoms with Gasteiger partial charge in [0.15, 0.2) is 5.82 Å². The molecule has 0 saturated carbocycles. The van der Waals surface area contributed by atoms with Gasteiger partial charge in [-0.2, -0.15) is 5.10 Å². The summed E-state index contributed by atoms with van der Waals surface area (Å²) in [5.41, 5.74) is 2.23. The molecule has 3 heterocycles. The van der Waals surface area contributed by atoms with Crippen LogP contribution in [0.3, 0.4) is 0 Å². The number of fused-ring (bicyclic) bond motifs is 1. The number of nitrogens with zero attached hydrogens (tertiary/aromatic N) is 3. The quantitative estimate of drug-likeness (QED) is 0.474. The van der Waals surface area contributed by atoms with Crippen LogP contribution >= 0.6 is 11.6 Å². The smallest absolute Gasteiger partial charge is 0.289 e. The summed E-state index contributed by atoms with van der Waals surface area (Å²) in [4.78, 5) is 30.1. The van der Waals surface area contributed by atoms with Gasteiger partial charge in [-0.15, -0.1) is 0 Å². The van der Waals surface area contributed by atoms with Crippen molar-refractivity contribution in [2.75, 3.05) is 18.4 Å². The van der Waals surface area contributed by atoms with Crippen molar-refractivity contribution in [2.45, 2.75) is 45.7 Å². The number of carbonyl (C=O) groups excluding carboxylic acids is 2. The van der Waals surface area contributed by atoms with Crippen LogP contribution in [0.2, 0.25) is 5.02 Å². The molecule has 1 aliphatic rings. The lowest BCUT2D eigenvalue weighted by atomic mass is 9.86. The van der Waals surface area contributed by atoms with Gasteiger partial charge in [-0.05, 0) is 36.1 Å². The topological polar surface area (TPSA) is 116 Å². The van der Waals surface area contributed by atoms with Crippen molar-refractivity contribution in [3.05, 3.63) is 52.7 Å². The van der Waals surface area contributed by atoms with Crippen LogP contribution in [0.5, 0.6) is 0 Å². The fourth-order valence-electron chi connectivity index (χ4n) is 3.78. The van der Waals surface area contributed by atoms with Gasteiger partial charge in [0.05, 0.1) is 23.8 Å². The summed E-state index contributed by atoms with van der Waals surface area (Å²) < 4.78 is 5.71. The Kier molecular flexibility index (Phi) is 5.92. The summed E-state index contributed by atoms with van der Waals surface area (Å²) in [6.45, 7) is 12.7. The van der Waals surface area contributed by atoms with Crippen molar-refractivity contribution in [3.8, 4) is 0 Å². The van der Waals surface area contributed by atoms with E-state index in [9.17, 15) is 9.59 Å². The van der Waals surface area contributed by atoms with Crippen LogP contribution in [0.25, 0.3) is 10.9 Å². The van der Waals surface area contributed by atoms with Crippen LogP contribution < -0.4 is 10.6 Å². The standard InChI is InChI=1S/C23H27ClN6O3/c1-6-19(31)30-10-13(11-30)27-22(32)20-12(2)26-18(33-20)9-25-21-14-7-15(23(3,4)5)16(24)8-17(14)28-29-21/h6-8,13H,1,9-11H2,2-5H3,(H,27,32)(H2,25,28,29). The van der Waals surface area contributed by atoms with Crippen molar-refractivity contribution in [2.24, 2.45) is 0 Å². The third-order valence-electron chi connectivity index (χ3n) is 5.62. The van der Waals surface area contributed by atoms with Crippen molar-refractivity contribution >= 4 is 40.1 Å².